The van der Waals surface area contributed by atoms with Gasteiger partial charge < -0.3 is 0 Å². The minimum absolute atomic E-state index is 0.201. The van der Waals surface area contributed by atoms with E-state index in [0.717, 1.165) is 22.9 Å². The molecule has 0 heterocycles. The first-order valence-corrected chi connectivity index (χ1v) is 6.35. The summed E-state index contributed by atoms with van der Waals surface area (Å²) in [6.45, 7) is 1.73. The quantitative estimate of drug-likeness (QED) is 0.723. The van der Waals surface area contributed by atoms with Gasteiger partial charge in [-0.15, -0.1) is 0 Å². The first kappa shape index (κ1) is 11.1. The van der Waals surface area contributed by atoms with Crippen LogP contribution >= 0.6 is 15.9 Å². The number of benzene rings is 1. The number of hydrogen-bond acceptors (Lipinski definition) is 0. The van der Waals surface area contributed by atoms with Gasteiger partial charge in [0.15, 0.2) is 0 Å². The molecule has 1 saturated carbocycles. The number of hydrogen-bond donors (Lipinski definition) is 0. The van der Waals surface area contributed by atoms with Crippen molar-refractivity contribution in [2.75, 3.05) is 0 Å². The Kier molecular flexibility index (Phi) is 3.15. The fourth-order valence-corrected chi connectivity index (χ4v) is 2.90. The molecule has 0 aromatic heterocycles. The van der Waals surface area contributed by atoms with Crippen LogP contribution in [0.2, 0.25) is 0 Å². The van der Waals surface area contributed by atoms with E-state index < -0.39 is 5.67 Å². The minimum atomic E-state index is -1.17. The summed E-state index contributed by atoms with van der Waals surface area (Å²) in [6, 6.07) is 7.64. The Hall–Kier alpha value is -0.370. The Balaban J connectivity index is 2.27. The molecule has 0 amide bonds. The average molecular weight is 271 g/mol. The lowest BCUT2D eigenvalue weighted by Crippen LogP contribution is -2.24. The smallest absolute Gasteiger partial charge is 0.136 e. The van der Waals surface area contributed by atoms with Gasteiger partial charge in [0.1, 0.15) is 5.67 Å². The summed E-state index contributed by atoms with van der Waals surface area (Å²) < 4.78 is 15.6. The van der Waals surface area contributed by atoms with Crippen LogP contribution in [0.25, 0.3) is 0 Å². The van der Waals surface area contributed by atoms with Gasteiger partial charge in [0.2, 0.25) is 0 Å². The van der Waals surface area contributed by atoms with Crippen molar-refractivity contribution in [3.63, 3.8) is 0 Å². The minimum Gasteiger partial charge on any atom is -0.239 e. The Morgan fingerprint density at radius 1 is 1.33 bits per heavy atom. The maximum absolute atomic E-state index is 14.7. The highest BCUT2D eigenvalue weighted by Gasteiger charge is 2.37. The molecule has 0 aliphatic heterocycles. The van der Waals surface area contributed by atoms with Gasteiger partial charge in [-0.3, -0.25) is 0 Å². The van der Waals surface area contributed by atoms with E-state index in [1.54, 1.807) is 6.92 Å². The Morgan fingerprint density at radius 2 is 2.00 bits per heavy atom. The molecule has 1 aromatic rings. The van der Waals surface area contributed by atoms with Gasteiger partial charge in [0.05, 0.1) is 0 Å². The van der Waals surface area contributed by atoms with Gasteiger partial charge in [0, 0.05) is 4.47 Å². The van der Waals surface area contributed by atoms with E-state index in [9.17, 15) is 4.39 Å². The first-order chi connectivity index (χ1) is 7.10. The van der Waals surface area contributed by atoms with Gasteiger partial charge in [-0.25, -0.2) is 4.39 Å². The molecule has 1 aliphatic rings. The lowest BCUT2D eigenvalue weighted by Gasteiger charge is -2.27. The Labute approximate surface area is 99.0 Å². The van der Waals surface area contributed by atoms with Crippen molar-refractivity contribution in [1.82, 2.24) is 0 Å². The summed E-state index contributed by atoms with van der Waals surface area (Å²) in [5.74, 6) is 0.201. The van der Waals surface area contributed by atoms with Crippen molar-refractivity contribution < 1.29 is 4.39 Å². The second-order valence-corrected chi connectivity index (χ2v) is 5.48. The molecule has 1 unspecified atom stereocenters. The van der Waals surface area contributed by atoms with Gasteiger partial charge >= 0.3 is 0 Å². The lowest BCUT2D eigenvalue weighted by atomic mass is 9.83. The average Bonchev–Trinajstić information content (AvgIpc) is 2.71. The first-order valence-electron chi connectivity index (χ1n) is 5.55. The standard InChI is InChI=1S/C13H16BrF/c1-13(15,10-5-2-3-6-10)11-7-4-8-12(14)9-11/h4,7-10H,2-3,5-6H2,1H3. The SMILES string of the molecule is CC(F)(c1cccc(Br)c1)C1CCCC1. The van der Waals surface area contributed by atoms with Gasteiger partial charge in [-0.2, -0.15) is 0 Å². The zero-order chi connectivity index (χ0) is 10.9. The molecule has 1 aliphatic carbocycles. The molecule has 2 heteroatoms. The van der Waals surface area contributed by atoms with E-state index in [2.05, 4.69) is 15.9 Å². The summed E-state index contributed by atoms with van der Waals surface area (Å²) in [4.78, 5) is 0. The van der Waals surface area contributed by atoms with Crippen LogP contribution in [-0.2, 0) is 5.67 Å². The van der Waals surface area contributed by atoms with Crippen molar-refractivity contribution in [3.8, 4) is 0 Å². The second-order valence-electron chi connectivity index (χ2n) is 4.57. The van der Waals surface area contributed by atoms with Gasteiger partial charge in [0.25, 0.3) is 0 Å². The maximum Gasteiger partial charge on any atom is 0.136 e. The Morgan fingerprint density at radius 3 is 2.60 bits per heavy atom. The van der Waals surface area contributed by atoms with Crippen LogP contribution in [0.4, 0.5) is 4.39 Å². The molecule has 0 N–H and O–H groups in total. The van der Waals surface area contributed by atoms with Crippen LogP contribution in [0.15, 0.2) is 28.7 Å². The molecule has 1 fully saturated rings. The van der Waals surface area contributed by atoms with Crippen LogP contribution in [0.5, 0.6) is 0 Å². The van der Waals surface area contributed by atoms with E-state index in [1.807, 2.05) is 24.3 Å². The molecule has 2 rings (SSSR count). The highest BCUT2D eigenvalue weighted by Crippen LogP contribution is 2.43. The normalized spacial score (nSPS) is 21.5. The van der Waals surface area contributed by atoms with Crippen LogP contribution in [0.1, 0.15) is 38.2 Å². The third-order valence-electron chi connectivity index (χ3n) is 3.51. The van der Waals surface area contributed by atoms with Gasteiger partial charge in [-0.1, -0.05) is 40.9 Å². The van der Waals surface area contributed by atoms with E-state index in [4.69, 9.17) is 0 Å². The third kappa shape index (κ3) is 2.25. The van der Waals surface area contributed by atoms with E-state index in [-0.39, 0.29) is 5.92 Å². The van der Waals surface area contributed by atoms with Crippen molar-refractivity contribution in [2.24, 2.45) is 5.92 Å². The summed E-state index contributed by atoms with van der Waals surface area (Å²) in [5, 5.41) is 0. The summed E-state index contributed by atoms with van der Waals surface area (Å²) >= 11 is 3.40. The Bertz CT molecular complexity index is 340. The summed E-state index contributed by atoms with van der Waals surface area (Å²) in [5.41, 5.74) is -0.357. The molecular weight excluding hydrogens is 255 g/mol. The van der Waals surface area contributed by atoms with Crippen molar-refractivity contribution in [3.05, 3.63) is 34.3 Å². The van der Waals surface area contributed by atoms with Crippen molar-refractivity contribution in [2.45, 2.75) is 38.3 Å². The predicted molar refractivity (Wildman–Crippen MR) is 64.6 cm³/mol. The fourth-order valence-electron chi connectivity index (χ4n) is 2.50. The van der Waals surface area contributed by atoms with E-state index in [1.165, 1.54) is 12.8 Å². The van der Waals surface area contributed by atoms with Crippen molar-refractivity contribution >= 4 is 15.9 Å². The summed E-state index contributed by atoms with van der Waals surface area (Å²) in [6.07, 6.45) is 4.41. The van der Waals surface area contributed by atoms with Crippen LogP contribution < -0.4 is 0 Å². The van der Waals surface area contributed by atoms with Crippen LogP contribution in [0, 0.1) is 5.92 Å². The molecule has 1 aromatic carbocycles. The lowest BCUT2D eigenvalue weighted by molar-refractivity contribution is 0.104. The molecule has 0 saturated heterocycles. The molecular formula is C13H16BrF. The van der Waals surface area contributed by atoms with E-state index >= 15 is 0 Å². The molecule has 0 bridgehead atoms. The largest absolute Gasteiger partial charge is 0.239 e. The zero-order valence-corrected chi connectivity index (χ0v) is 10.6. The molecule has 0 nitrogen and oxygen atoms in total. The van der Waals surface area contributed by atoms with Crippen LogP contribution in [-0.4, -0.2) is 0 Å². The van der Waals surface area contributed by atoms with Crippen molar-refractivity contribution in [1.29, 1.82) is 0 Å². The van der Waals surface area contributed by atoms with Gasteiger partial charge in [-0.05, 0) is 43.4 Å². The third-order valence-corrected chi connectivity index (χ3v) is 4.00. The monoisotopic (exact) mass is 270 g/mol. The number of halogens is 2. The maximum atomic E-state index is 14.7. The second kappa shape index (κ2) is 4.25. The van der Waals surface area contributed by atoms with Crippen LogP contribution in [0.3, 0.4) is 0 Å². The molecule has 15 heavy (non-hydrogen) atoms. The number of rotatable bonds is 2. The molecule has 0 radical (unpaired) electrons. The highest BCUT2D eigenvalue weighted by atomic mass is 79.9. The summed E-state index contributed by atoms with van der Waals surface area (Å²) in [7, 11) is 0. The fraction of sp³-hybridized carbons (Fsp3) is 0.538. The predicted octanol–water partition coefficient (Wildman–Crippen LogP) is 4.82. The van der Waals surface area contributed by atoms with E-state index in [0.29, 0.717) is 0 Å². The molecule has 82 valence electrons. The zero-order valence-electron chi connectivity index (χ0n) is 8.97. The molecule has 0 spiro atoms. The highest BCUT2D eigenvalue weighted by molar-refractivity contribution is 9.10. The molecule has 1 atom stereocenters. The number of alkyl halides is 1. The topological polar surface area (TPSA) is 0 Å².